The van der Waals surface area contributed by atoms with Gasteiger partial charge in [-0.25, -0.2) is 0 Å². The second kappa shape index (κ2) is 87.4. The lowest BCUT2D eigenvalue weighted by Gasteiger charge is -2.41. The van der Waals surface area contributed by atoms with Gasteiger partial charge in [0.15, 0.2) is 99.8 Å². The van der Waals surface area contributed by atoms with Crippen molar-refractivity contribution in [3.05, 3.63) is 0 Å². The smallest absolute Gasteiger partial charge is 0.315 e. The molecule has 0 aliphatic carbocycles. The van der Waals surface area contributed by atoms with E-state index in [1.807, 2.05) is 0 Å². The molecule has 27 nitrogen and oxygen atoms in total. The first-order valence-corrected chi connectivity index (χ1v) is 113. The molecular weight excluding hydrogens is 2150 g/mol. The minimum atomic E-state index is -2.30. The fourth-order valence-electron chi connectivity index (χ4n) is 14.7. The van der Waals surface area contributed by atoms with Crippen LogP contribution in [0.25, 0.3) is 0 Å². The first-order valence-electron chi connectivity index (χ1n) is 48.1. The number of hydrogen-bond acceptors (Lipinski definition) is 27. The van der Waals surface area contributed by atoms with E-state index in [0.29, 0.717) is 79.3 Å². The van der Waals surface area contributed by atoms with E-state index in [9.17, 15) is 0 Å². The molecule has 0 heterocycles. The van der Waals surface area contributed by atoms with Crippen molar-refractivity contribution in [2.45, 2.75) is 478 Å². The molecule has 48 heteroatoms. The Hall–Kier alpha value is 3.47. The summed E-state index contributed by atoms with van der Waals surface area (Å²) in [6, 6.07) is 5.76. The summed E-state index contributed by atoms with van der Waals surface area (Å²) in [5.41, 5.74) is 0. The van der Waals surface area contributed by atoms with Gasteiger partial charge < -0.3 is 119 Å². The maximum atomic E-state index is 8.77. The summed E-state index contributed by atoms with van der Waals surface area (Å²) in [5, 5.41) is 17.4. The quantitative estimate of drug-likeness (QED) is 0.0423. The van der Waals surface area contributed by atoms with Crippen LogP contribution in [0, 0.1) is 0 Å². The Balaban J connectivity index is -0.0000000800. The summed E-state index contributed by atoms with van der Waals surface area (Å²) < 4.78 is 150. The first-order chi connectivity index (χ1) is 58.0. The number of rotatable bonds is 70. The van der Waals surface area contributed by atoms with Crippen LogP contribution in [0.5, 0.6) is 0 Å². The fraction of sp³-hybridized carbons (Fsp3) is 1.00. The molecule has 2 N–H and O–H groups in total. The summed E-state index contributed by atoms with van der Waals surface area (Å²) in [6.07, 6.45) is 5.74. The van der Waals surface area contributed by atoms with Gasteiger partial charge in [-0.3, -0.25) is 0 Å². The van der Waals surface area contributed by atoms with Gasteiger partial charge in [-0.2, -0.15) is 0 Å². The Kier molecular flexibility index (Phi) is 115. The molecule has 0 bridgehead atoms. The van der Waals surface area contributed by atoms with E-state index in [1.165, 1.54) is 0 Å². The summed E-state index contributed by atoms with van der Waals surface area (Å²) in [7, 11) is -32.4. The summed E-state index contributed by atoms with van der Waals surface area (Å²) in [5.74, 6) is 0. The molecule has 0 aliphatic rings. The van der Waals surface area contributed by atoms with Crippen molar-refractivity contribution in [1.82, 2.24) is 0 Å². The molecule has 3 unspecified atom stereocenters. The molecule has 0 rings (SSSR count). The maximum Gasteiger partial charge on any atom is 0.315 e. The van der Waals surface area contributed by atoms with Gasteiger partial charge in [0.25, 0.3) is 0 Å². The Morgan fingerprint density at radius 3 is 0.338 bits per heavy atom. The third kappa shape index (κ3) is 138. The molecule has 0 spiro atoms. The highest BCUT2D eigenvalue weighted by atomic mass is 28.5. The van der Waals surface area contributed by atoms with Crippen LogP contribution in [-0.2, 0) is 109 Å². The Bertz CT molecular complexity index is 2590. The van der Waals surface area contributed by atoms with Crippen molar-refractivity contribution in [2.75, 3.05) is 147 Å². The zero-order chi connectivity index (χ0) is 103. The molecule has 0 aromatic heterocycles. The predicted octanol–water partition coefficient (Wildman–Crippen LogP) is 31.4. The third-order valence-corrected chi connectivity index (χ3v) is 84.9. The van der Waals surface area contributed by atoms with Gasteiger partial charge in [-0.05, 0) is 389 Å². The van der Waals surface area contributed by atoms with Crippen LogP contribution in [0.15, 0.2) is 0 Å². The normalized spacial score (nSPS) is 13.9. The predicted molar refractivity (Wildman–Crippen MR) is 682 cm³/mol. The summed E-state index contributed by atoms with van der Waals surface area (Å²) in [4.78, 5) is 0. The van der Waals surface area contributed by atoms with E-state index in [0.717, 1.165) is 101 Å². The van der Waals surface area contributed by atoms with Crippen LogP contribution in [0.1, 0.15) is 128 Å². The zero-order valence-corrected chi connectivity index (χ0v) is 116. The highest BCUT2D eigenvalue weighted by Crippen LogP contribution is 2.34. The number of aliphatic hydroxyl groups is 2. The SMILES string of the molecule is C.C.C.C.C.C.C.C.C.C.C.C.COCCOCCC[Si](C)(O[Si](C)(C)C)O[Si](C)(C)C.COCCOCCC[Si](C)(O[Si](C)(C)C)O[Si](C)(C)C.COCCOCCC[Si](C)(O[Si](C)(C)C)O[Si](C)(C)O[Si](C)(C)C.COCCOCCC[Si](C)(O[Si](C)(C)C)O[Si](C)(C)O[Si](C)(C)C.C[Si](C)(C)O[Si](C)(C)O[Si](C)(CCCOCCO)O[Si](C)(C)C.C[Si](C)(C)O[Si](C)(CCCOCCO)O[Si](C)(C)C. The second-order valence-electron chi connectivity index (χ2n) is 47.6. The summed E-state index contributed by atoms with van der Waals surface area (Å²) in [6.45, 7) is 117. The number of methoxy groups -OCH3 is 4. The largest absolute Gasteiger partial charge is 0.437 e. The van der Waals surface area contributed by atoms with E-state index in [-0.39, 0.29) is 102 Å². The van der Waals surface area contributed by atoms with E-state index in [2.05, 4.69) is 314 Å². The lowest BCUT2D eigenvalue weighted by Crippen LogP contribution is -2.56. The molecule has 0 saturated carbocycles. The van der Waals surface area contributed by atoms with Gasteiger partial charge in [0.1, 0.15) is 0 Å². The van der Waals surface area contributed by atoms with Crippen molar-refractivity contribution < 1.29 is 119 Å². The molecule has 0 aromatic carbocycles. The van der Waals surface area contributed by atoms with Crippen LogP contribution in [0.4, 0.5) is 0 Å². The minimum absolute atomic E-state index is 0. The Morgan fingerprint density at radius 1 is 0.134 bits per heavy atom. The van der Waals surface area contributed by atoms with E-state index >= 15 is 0 Å². The van der Waals surface area contributed by atoms with E-state index < -0.39 is 177 Å². The third-order valence-electron chi connectivity index (χ3n) is 15.5. The minimum Gasteiger partial charge on any atom is -0.437 e. The molecule has 0 amide bonds. The maximum absolute atomic E-state index is 8.77. The van der Waals surface area contributed by atoms with Crippen molar-refractivity contribution in [1.29, 1.82) is 0 Å². The molecule has 0 aromatic rings. The van der Waals surface area contributed by atoms with Crippen molar-refractivity contribution in [3.63, 3.8) is 0 Å². The van der Waals surface area contributed by atoms with Crippen molar-refractivity contribution >= 4 is 177 Å². The van der Waals surface area contributed by atoms with Gasteiger partial charge in [-0.1, -0.05) is 89.1 Å². The molecule has 0 aliphatic heterocycles. The lowest BCUT2D eigenvalue weighted by molar-refractivity contribution is 0.0703. The highest BCUT2D eigenvalue weighted by Gasteiger charge is 2.49. The van der Waals surface area contributed by atoms with Gasteiger partial charge in [0, 0.05) is 68.1 Å². The van der Waals surface area contributed by atoms with Crippen LogP contribution in [0.3, 0.4) is 0 Å². The standard InChI is InChI=1S/2C15H40O5Si4.C14H38O5Si4.2C13H34O4Si3.C12H32O4Si3.12CH4/c2*1-16-13-14-17-12-11-15-24(10,19-22(5,6)7)20-23(8,9)18-21(2,3)4;1-20(2,3)17-22(7,8)19-23(9,18-21(4,5)6)14-10-12-16-13-11-15;2*1-14-11-12-15-10-9-13-20(8,16-18(2,3)4)17-19(5,6)7;1-17(2,3)15-19(7,16-18(4,5)6)12-8-10-14-11-9-13;;;;;;;;;;;;/h2*11-15H2,1-10H3;15H,10-14H2,1-9H3;2*9-13H2,1-8H3;13H,8-12H2,1-7H3;12*1H4. The van der Waals surface area contributed by atoms with Crippen LogP contribution in [-0.4, -0.2) is 334 Å². The fourth-order valence-corrected chi connectivity index (χ4v) is 106. The average molecular weight is 2420 g/mol. The number of aliphatic hydroxyl groups excluding tert-OH is 2. The monoisotopic (exact) mass is 2420 g/mol. The Morgan fingerprint density at radius 2 is 0.239 bits per heavy atom. The highest BCUT2D eigenvalue weighted by molar-refractivity contribution is 6.93. The average Bonchev–Trinajstić information content (AvgIpc) is 0.822. The number of ether oxygens (including phenoxy) is 10. The Labute approximate surface area is 914 Å². The van der Waals surface area contributed by atoms with Crippen molar-refractivity contribution in [3.8, 4) is 0 Å². The number of hydrogen-bond donors (Lipinski definition) is 2. The van der Waals surface area contributed by atoms with Crippen LogP contribution >= 0.6 is 0 Å². The van der Waals surface area contributed by atoms with E-state index in [4.69, 9.17) is 119 Å². The molecular formula is C94H266O27Si21. The van der Waals surface area contributed by atoms with Crippen molar-refractivity contribution in [2.24, 2.45) is 0 Å². The zero-order valence-electron chi connectivity index (χ0n) is 94.8. The van der Waals surface area contributed by atoms with Gasteiger partial charge >= 0.3 is 77.0 Å². The molecule has 0 radical (unpaired) electrons. The van der Waals surface area contributed by atoms with Crippen LogP contribution < -0.4 is 0 Å². The van der Waals surface area contributed by atoms with Gasteiger partial charge in [0.05, 0.1) is 79.3 Å². The molecule has 888 valence electrons. The summed E-state index contributed by atoms with van der Waals surface area (Å²) >= 11 is 0. The molecule has 142 heavy (non-hydrogen) atoms. The molecule has 0 saturated heterocycles. The second-order valence-corrected chi connectivity index (χ2v) is 136. The van der Waals surface area contributed by atoms with Gasteiger partial charge in [-0.15, -0.1) is 0 Å². The molecule has 3 atom stereocenters. The van der Waals surface area contributed by atoms with Crippen LogP contribution in [0.2, 0.25) is 351 Å². The lowest BCUT2D eigenvalue weighted by atomic mass is 10.5. The topological polar surface area (TPSA) is 271 Å². The first kappa shape index (κ1) is 187. The van der Waals surface area contributed by atoms with E-state index in [1.54, 1.807) is 28.4 Å². The molecule has 0 fully saturated rings. The van der Waals surface area contributed by atoms with Gasteiger partial charge in [0.2, 0.25) is 0 Å².